The molecule has 1 aliphatic rings. The topological polar surface area (TPSA) is 77.8 Å². The smallest absolute Gasteiger partial charge is 0.288 e. The van der Waals surface area contributed by atoms with Gasteiger partial charge in [0.05, 0.1) is 23.6 Å². The van der Waals surface area contributed by atoms with E-state index in [2.05, 4.69) is 5.32 Å². The molecule has 0 saturated heterocycles. The molecule has 1 amide bonds. The van der Waals surface area contributed by atoms with Gasteiger partial charge >= 0.3 is 0 Å². The SMILES string of the molecule is CCOc1cc(C2NC(=O)c3oc4ccc(C)cc4c(=O)c32)ccc1OCc1ccccc1. The molecule has 33 heavy (non-hydrogen) atoms. The maximum Gasteiger partial charge on any atom is 0.288 e. The van der Waals surface area contributed by atoms with Gasteiger partial charge in [-0.15, -0.1) is 0 Å². The van der Waals surface area contributed by atoms with Gasteiger partial charge in [-0.25, -0.2) is 0 Å². The Bertz CT molecular complexity index is 1410. The highest BCUT2D eigenvalue weighted by atomic mass is 16.5. The second-order valence-corrected chi connectivity index (χ2v) is 7.99. The minimum Gasteiger partial charge on any atom is -0.490 e. The molecule has 0 radical (unpaired) electrons. The van der Waals surface area contributed by atoms with Crippen molar-refractivity contribution in [3.8, 4) is 11.5 Å². The number of rotatable bonds is 6. The van der Waals surface area contributed by atoms with Crippen molar-refractivity contribution in [1.82, 2.24) is 5.32 Å². The van der Waals surface area contributed by atoms with Gasteiger partial charge < -0.3 is 19.2 Å². The molecule has 4 aromatic rings. The number of aryl methyl sites for hydroxylation is 1. The van der Waals surface area contributed by atoms with Crippen molar-refractivity contribution in [3.05, 3.63) is 105 Å². The van der Waals surface area contributed by atoms with Crippen LogP contribution in [0, 0.1) is 6.92 Å². The molecule has 1 aliphatic heterocycles. The van der Waals surface area contributed by atoms with Gasteiger partial charge in [0.25, 0.3) is 5.91 Å². The molecule has 2 heterocycles. The average Bonchev–Trinajstić information content (AvgIpc) is 3.16. The van der Waals surface area contributed by atoms with Gasteiger partial charge in [0.1, 0.15) is 12.2 Å². The molecule has 3 aromatic carbocycles. The summed E-state index contributed by atoms with van der Waals surface area (Å²) in [5.41, 5.74) is 3.22. The fraction of sp³-hybridized carbons (Fsp3) is 0.185. The molecule has 6 heteroatoms. The van der Waals surface area contributed by atoms with Gasteiger partial charge in [-0.1, -0.05) is 48.0 Å². The van der Waals surface area contributed by atoms with Crippen LogP contribution in [-0.2, 0) is 6.61 Å². The number of carbonyl (C=O) groups is 1. The molecule has 6 nitrogen and oxygen atoms in total. The summed E-state index contributed by atoms with van der Waals surface area (Å²) >= 11 is 0. The number of ether oxygens (including phenoxy) is 2. The lowest BCUT2D eigenvalue weighted by Crippen LogP contribution is -2.22. The number of fused-ring (bicyclic) bond motifs is 2. The van der Waals surface area contributed by atoms with Gasteiger partial charge in [0, 0.05) is 0 Å². The van der Waals surface area contributed by atoms with E-state index < -0.39 is 11.9 Å². The van der Waals surface area contributed by atoms with E-state index in [0.29, 0.717) is 41.2 Å². The molecule has 0 saturated carbocycles. The number of amides is 1. The number of nitrogens with one attached hydrogen (secondary N) is 1. The molecule has 0 spiro atoms. The number of hydrogen-bond acceptors (Lipinski definition) is 5. The Morgan fingerprint density at radius 2 is 1.76 bits per heavy atom. The normalized spacial score (nSPS) is 14.7. The number of hydrogen-bond donors (Lipinski definition) is 1. The first-order valence-corrected chi connectivity index (χ1v) is 10.9. The first-order chi connectivity index (χ1) is 16.0. The summed E-state index contributed by atoms with van der Waals surface area (Å²) in [6.45, 7) is 4.65. The molecule has 1 aromatic heterocycles. The third-order valence-corrected chi connectivity index (χ3v) is 5.69. The van der Waals surface area contributed by atoms with E-state index in [1.807, 2.05) is 62.4 Å². The Morgan fingerprint density at radius 3 is 2.55 bits per heavy atom. The van der Waals surface area contributed by atoms with Crippen LogP contribution in [0.1, 0.15) is 45.8 Å². The molecule has 1 unspecified atom stereocenters. The van der Waals surface area contributed by atoms with Crippen molar-refractivity contribution < 1.29 is 18.7 Å². The van der Waals surface area contributed by atoms with E-state index in [0.717, 1.165) is 16.7 Å². The van der Waals surface area contributed by atoms with Crippen LogP contribution in [0.15, 0.2) is 75.9 Å². The lowest BCUT2D eigenvalue weighted by Gasteiger charge is -2.17. The largest absolute Gasteiger partial charge is 0.490 e. The summed E-state index contributed by atoms with van der Waals surface area (Å²) in [5.74, 6) is 0.797. The summed E-state index contributed by atoms with van der Waals surface area (Å²) in [6, 6.07) is 20.0. The van der Waals surface area contributed by atoms with Gasteiger partial charge in [-0.05, 0) is 49.2 Å². The fourth-order valence-electron chi connectivity index (χ4n) is 4.10. The summed E-state index contributed by atoms with van der Waals surface area (Å²) in [7, 11) is 0. The minimum absolute atomic E-state index is 0.0590. The number of benzene rings is 3. The fourth-order valence-corrected chi connectivity index (χ4v) is 4.10. The minimum atomic E-state index is -0.629. The Hall–Kier alpha value is -4.06. The third-order valence-electron chi connectivity index (χ3n) is 5.69. The molecule has 0 fully saturated rings. The monoisotopic (exact) mass is 441 g/mol. The first-order valence-electron chi connectivity index (χ1n) is 10.9. The Labute approximate surface area is 190 Å². The maximum atomic E-state index is 13.3. The summed E-state index contributed by atoms with van der Waals surface area (Å²) in [6.07, 6.45) is 0. The van der Waals surface area contributed by atoms with Crippen LogP contribution in [0.2, 0.25) is 0 Å². The zero-order chi connectivity index (χ0) is 22.9. The zero-order valence-corrected chi connectivity index (χ0v) is 18.4. The van der Waals surface area contributed by atoms with E-state index in [4.69, 9.17) is 13.9 Å². The standard InChI is InChI=1S/C27H23NO5/c1-3-31-22-14-18(10-12-21(22)32-15-17-7-5-4-6-8-17)24-23-25(29)19-13-16(2)9-11-20(19)33-26(23)27(30)28-24/h4-14,24H,3,15H2,1-2H3,(H,28,30). The molecular weight excluding hydrogens is 418 g/mol. The molecule has 0 bridgehead atoms. The van der Waals surface area contributed by atoms with Gasteiger partial charge in [0.2, 0.25) is 5.76 Å². The van der Waals surface area contributed by atoms with Gasteiger partial charge in [-0.3, -0.25) is 9.59 Å². The molecule has 1 atom stereocenters. The van der Waals surface area contributed by atoms with Crippen molar-refractivity contribution in [2.24, 2.45) is 0 Å². The molecular formula is C27H23NO5. The quantitative estimate of drug-likeness (QED) is 0.460. The lowest BCUT2D eigenvalue weighted by molar-refractivity contribution is 0.0938. The summed E-state index contributed by atoms with van der Waals surface area (Å²) in [4.78, 5) is 26.0. The zero-order valence-electron chi connectivity index (χ0n) is 18.4. The molecule has 166 valence electrons. The van der Waals surface area contributed by atoms with Crippen LogP contribution in [0.5, 0.6) is 11.5 Å². The van der Waals surface area contributed by atoms with E-state index in [9.17, 15) is 9.59 Å². The van der Waals surface area contributed by atoms with Crippen molar-refractivity contribution >= 4 is 16.9 Å². The van der Waals surface area contributed by atoms with E-state index in [-0.39, 0.29) is 11.2 Å². The van der Waals surface area contributed by atoms with E-state index in [1.54, 1.807) is 18.2 Å². The van der Waals surface area contributed by atoms with Crippen LogP contribution in [0.4, 0.5) is 0 Å². The summed E-state index contributed by atoms with van der Waals surface area (Å²) in [5, 5.41) is 3.34. The lowest BCUT2D eigenvalue weighted by atomic mass is 9.98. The second-order valence-electron chi connectivity index (χ2n) is 7.99. The highest BCUT2D eigenvalue weighted by Crippen LogP contribution is 2.36. The second kappa shape index (κ2) is 8.47. The first kappa shape index (κ1) is 20.8. The number of carbonyl (C=O) groups excluding carboxylic acids is 1. The highest BCUT2D eigenvalue weighted by Gasteiger charge is 2.36. The maximum absolute atomic E-state index is 13.3. The predicted molar refractivity (Wildman–Crippen MR) is 125 cm³/mol. The van der Waals surface area contributed by atoms with Gasteiger partial charge in [-0.2, -0.15) is 0 Å². The van der Waals surface area contributed by atoms with Crippen LogP contribution >= 0.6 is 0 Å². The highest BCUT2D eigenvalue weighted by molar-refractivity contribution is 5.99. The summed E-state index contributed by atoms with van der Waals surface area (Å²) < 4.78 is 17.6. The van der Waals surface area contributed by atoms with Crippen molar-refractivity contribution in [2.45, 2.75) is 26.5 Å². The Balaban J connectivity index is 1.53. The van der Waals surface area contributed by atoms with Crippen molar-refractivity contribution in [3.63, 3.8) is 0 Å². The predicted octanol–water partition coefficient (Wildman–Crippen LogP) is 4.91. The Kier molecular flexibility index (Phi) is 5.34. The van der Waals surface area contributed by atoms with Crippen molar-refractivity contribution in [2.75, 3.05) is 6.61 Å². The van der Waals surface area contributed by atoms with E-state index >= 15 is 0 Å². The van der Waals surface area contributed by atoms with Crippen LogP contribution in [-0.4, -0.2) is 12.5 Å². The van der Waals surface area contributed by atoms with Crippen LogP contribution in [0.25, 0.3) is 11.0 Å². The molecule has 5 rings (SSSR count). The Morgan fingerprint density at radius 1 is 0.939 bits per heavy atom. The molecule has 1 N–H and O–H groups in total. The third kappa shape index (κ3) is 3.84. The van der Waals surface area contributed by atoms with Gasteiger partial charge in [0.15, 0.2) is 16.9 Å². The van der Waals surface area contributed by atoms with Crippen LogP contribution in [0.3, 0.4) is 0 Å². The van der Waals surface area contributed by atoms with Crippen LogP contribution < -0.4 is 20.2 Å². The average molecular weight is 441 g/mol. The van der Waals surface area contributed by atoms with Crippen molar-refractivity contribution in [1.29, 1.82) is 0 Å². The van der Waals surface area contributed by atoms with E-state index in [1.165, 1.54) is 0 Å². The molecule has 0 aliphatic carbocycles.